The molecule has 1 N–H and O–H groups in total. The summed E-state index contributed by atoms with van der Waals surface area (Å²) in [6.45, 7) is 1.13. The molecule has 0 saturated carbocycles. The van der Waals surface area contributed by atoms with E-state index in [1.807, 2.05) is 24.3 Å². The number of aliphatic hydroxyl groups excluding tert-OH is 1. The molecule has 0 spiro atoms. The molecular formula is C15H16N2O2. The van der Waals surface area contributed by atoms with E-state index in [0.29, 0.717) is 18.7 Å². The van der Waals surface area contributed by atoms with Gasteiger partial charge in [-0.3, -0.25) is 9.78 Å². The molecule has 1 saturated heterocycles. The summed E-state index contributed by atoms with van der Waals surface area (Å²) >= 11 is 0. The first kappa shape index (κ1) is 12.1. The number of amides is 1. The molecule has 0 unspecified atom stereocenters. The molecule has 1 aromatic heterocycles. The molecule has 0 radical (unpaired) electrons. The van der Waals surface area contributed by atoms with Crippen LogP contribution in [0.1, 0.15) is 23.2 Å². The number of aliphatic hydroxyl groups is 1. The zero-order chi connectivity index (χ0) is 13.2. The Morgan fingerprint density at radius 3 is 3.00 bits per heavy atom. The van der Waals surface area contributed by atoms with Crippen LogP contribution in [0, 0.1) is 0 Å². The topological polar surface area (TPSA) is 53.4 Å². The molecule has 1 aliphatic heterocycles. The van der Waals surface area contributed by atoms with Crippen LogP contribution in [-0.2, 0) is 0 Å². The number of pyridine rings is 1. The van der Waals surface area contributed by atoms with Crippen molar-refractivity contribution in [3.63, 3.8) is 0 Å². The third-order valence-electron chi connectivity index (χ3n) is 3.55. The number of rotatable bonds is 1. The van der Waals surface area contributed by atoms with Crippen LogP contribution in [0.25, 0.3) is 10.9 Å². The molecule has 2 aromatic rings. The van der Waals surface area contributed by atoms with E-state index in [4.69, 9.17) is 0 Å². The van der Waals surface area contributed by atoms with E-state index in [9.17, 15) is 9.90 Å². The lowest BCUT2D eigenvalue weighted by molar-refractivity contribution is 0.0475. The van der Waals surface area contributed by atoms with E-state index in [0.717, 1.165) is 23.7 Å². The van der Waals surface area contributed by atoms with Crippen molar-refractivity contribution < 1.29 is 9.90 Å². The Bertz CT molecular complexity index is 607. The Morgan fingerprint density at radius 1 is 1.32 bits per heavy atom. The Hall–Kier alpha value is -1.94. The number of hydrogen-bond acceptors (Lipinski definition) is 3. The van der Waals surface area contributed by atoms with Crippen LogP contribution in [0.5, 0.6) is 0 Å². The van der Waals surface area contributed by atoms with Crippen molar-refractivity contribution in [2.24, 2.45) is 0 Å². The van der Waals surface area contributed by atoms with Gasteiger partial charge in [-0.05, 0) is 25.0 Å². The predicted molar refractivity (Wildman–Crippen MR) is 72.9 cm³/mol. The summed E-state index contributed by atoms with van der Waals surface area (Å²) < 4.78 is 0. The minimum Gasteiger partial charge on any atom is -0.391 e. The average Bonchev–Trinajstić information content (AvgIpc) is 2.46. The van der Waals surface area contributed by atoms with E-state index >= 15 is 0 Å². The van der Waals surface area contributed by atoms with Gasteiger partial charge < -0.3 is 10.0 Å². The minimum absolute atomic E-state index is 0.0388. The molecule has 4 nitrogen and oxygen atoms in total. The maximum absolute atomic E-state index is 12.5. The van der Waals surface area contributed by atoms with Crippen LogP contribution in [0.3, 0.4) is 0 Å². The second kappa shape index (κ2) is 4.97. The monoisotopic (exact) mass is 256 g/mol. The molecule has 4 heteroatoms. The maximum atomic E-state index is 12.5. The molecule has 1 atom stereocenters. The number of nitrogens with zero attached hydrogens (tertiary/aromatic N) is 2. The molecular weight excluding hydrogens is 240 g/mol. The predicted octanol–water partition coefficient (Wildman–Crippen LogP) is 1.83. The lowest BCUT2D eigenvalue weighted by Gasteiger charge is -2.30. The van der Waals surface area contributed by atoms with Gasteiger partial charge >= 0.3 is 0 Å². The van der Waals surface area contributed by atoms with Crippen LogP contribution in [0.2, 0.25) is 0 Å². The lowest BCUT2D eigenvalue weighted by atomic mass is 10.0. The molecule has 0 bridgehead atoms. The number of likely N-dealkylation sites (tertiary alicyclic amines) is 1. The number of piperidine rings is 1. The van der Waals surface area contributed by atoms with Crippen LogP contribution < -0.4 is 0 Å². The Kier molecular flexibility index (Phi) is 3.17. The molecule has 2 heterocycles. The van der Waals surface area contributed by atoms with Crippen LogP contribution in [0.15, 0.2) is 36.5 Å². The highest BCUT2D eigenvalue weighted by Gasteiger charge is 2.24. The fourth-order valence-electron chi connectivity index (χ4n) is 2.59. The highest BCUT2D eigenvalue weighted by atomic mass is 16.3. The van der Waals surface area contributed by atoms with Gasteiger partial charge in [0.2, 0.25) is 0 Å². The molecule has 3 rings (SSSR count). The fraction of sp³-hybridized carbons (Fsp3) is 0.333. The first-order valence-corrected chi connectivity index (χ1v) is 6.57. The smallest absolute Gasteiger partial charge is 0.256 e. The Labute approximate surface area is 111 Å². The zero-order valence-corrected chi connectivity index (χ0v) is 10.6. The summed E-state index contributed by atoms with van der Waals surface area (Å²) in [7, 11) is 0. The van der Waals surface area contributed by atoms with Crippen LogP contribution in [0.4, 0.5) is 0 Å². The first-order valence-electron chi connectivity index (χ1n) is 6.57. The van der Waals surface area contributed by atoms with Gasteiger partial charge in [0.05, 0.1) is 17.2 Å². The molecule has 1 amide bonds. The fourth-order valence-corrected chi connectivity index (χ4v) is 2.59. The van der Waals surface area contributed by atoms with Gasteiger partial charge in [0.25, 0.3) is 5.91 Å². The van der Waals surface area contributed by atoms with Crippen molar-refractivity contribution in [2.75, 3.05) is 13.1 Å². The third-order valence-corrected chi connectivity index (χ3v) is 3.55. The van der Waals surface area contributed by atoms with Gasteiger partial charge in [0, 0.05) is 24.7 Å². The Balaban J connectivity index is 1.97. The van der Waals surface area contributed by atoms with Crippen molar-refractivity contribution in [3.05, 3.63) is 42.1 Å². The molecule has 98 valence electrons. The summed E-state index contributed by atoms with van der Waals surface area (Å²) in [6.07, 6.45) is 2.92. The lowest BCUT2D eigenvalue weighted by Crippen LogP contribution is -2.42. The largest absolute Gasteiger partial charge is 0.391 e. The number of para-hydroxylation sites is 1. The van der Waals surface area contributed by atoms with Crippen molar-refractivity contribution in [2.45, 2.75) is 18.9 Å². The average molecular weight is 256 g/mol. The molecule has 1 fully saturated rings. The van der Waals surface area contributed by atoms with Crippen molar-refractivity contribution in [1.82, 2.24) is 9.88 Å². The van der Waals surface area contributed by atoms with Gasteiger partial charge in [-0.25, -0.2) is 0 Å². The van der Waals surface area contributed by atoms with Gasteiger partial charge in [0.15, 0.2) is 0 Å². The van der Waals surface area contributed by atoms with Gasteiger partial charge in [-0.15, -0.1) is 0 Å². The first-order chi connectivity index (χ1) is 9.25. The van der Waals surface area contributed by atoms with Crippen LogP contribution >= 0.6 is 0 Å². The minimum atomic E-state index is -0.402. The summed E-state index contributed by atoms with van der Waals surface area (Å²) in [5.41, 5.74) is 1.35. The van der Waals surface area contributed by atoms with Gasteiger partial charge in [0.1, 0.15) is 0 Å². The number of carbonyl (C=O) groups is 1. The van der Waals surface area contributed by atoms with Gasteiger partial charge in [-0.2, -0.15) is 0 Å². The number of β-amino-alcohol motifs (C(OH)–C–C–N with tert-alkyl or cyclic N) is 1. The number of aromatic nitrogens is 1. The van der Waals surface area contributed by atoms with E-state index in [2.05, 4.69) is 4.98 Å². The number of benzene rings is 1. The summed E-state index contributed by atoms with van der Waals surface area (Å²) in [4.78, 5) is 18.6. The quantitative estimate of drug-likeness (QED) is 0.847. The van der Waals surface area contributed by atoms with Crippen molar-refractivity contribution >= 4 is 16.8 Å². The normalized spacial score (nSPS) is 19.6. The molecule has 1 aromatic carbocycles. The molecule has 0 aliphatic carbocycles. The summed E-state index contributed by atoms with van der Waals surface area (Å²) in [6, 6.07) is 9.44. The summed E-state index contributed by atoms with van der Waals surface area (Å²) in [5, 5.41) is 10.6. The second-order valence-electron chi connectivity index (χ2n) is 4.93. The standard InChI is InChI=1S/C15H16N2O2/c18-12-6-3-9-17(10-12)15(19)13-7-1-4-11-5-2-8-16-14(11)13/h1-2,4-5,7-8,12,18H,3,6,9-10H2/t12-/m0/s1. The molecule has 19 heavy (non-hydrogen) atoms. The van der Waals surface area contributed by atoms with E-state index in [-0.39, 0.29) is 5.91 Å². The highest BCUT2D eigenvalue weighted by molar-refractivity contribution is 6.05. The molecule has 1 aliphatic rings. The Morgan fingerprint density at radius 2 is 2.16 bits per heavy atom. The number of hydrogen-bond donors (Lipinski definition) is 1. The number of fused-ring (bicyclic) bond motifs is 1. The SMILES string of the molecule is O=C(c1cccc2cccnc12)N1CCC[C@H](O)C1. The second-order valence-corrected chi connectivity index (χ2v) is 4.93. The van der Waals surface area contributed by atoms with E-state index in [1.165, 1.54) is 0 Å². The number of carbonyl (C=O) groups excluding carboxylic acids is 1. The van der Waals surface area contributed by atoms with E-state index < -0.39 is 6.10 Å². The highest BCUT2D eigenvalue weighted by Crippen LogP contribution is 2.20. The van der Waals surface area contributed by atoms with E-state index in [1.54, 1.807) is 17.2 Å². The third kappa shape index (κ3) is 2.31. The van der Waals surface area contributed by atoms with Crippen molar-refractivity contribution in [1.29, 1.82) is 0 Å². The zero-order valence-electron chi connectivity index (χ0n) is 10.6. The van der Waals surface area contributed by atoms with Crippen molar-refractivity contribution in [3.8, 4) is 0 Å². The summed E-state index contributed by atoms with van der Waals surface area (Å²) in [5.74, 6) is -0.0388. The maximum Gasteiger partial charge on any atom is 0.256 e. The van der Waals surface area contributed by atoms with Crippen LogP contribution in [-0.4, -0.2) is 40.1 Å². The van der Waals surface area contributed by atoms with Gasteiger partial charge in [-0.1, -0.05) is 18.2 Å².